The summed E-state index contributed by atoms with van der Waals surface area (Å²) in [5, 5.41) is 0. The van der Waals surface area contributed by atoms with Crippen LogP contribution in [0, 0.1) is 13.8 Å². The highest BCUT2D eigenvalue weighted by atomic mass is 16.5. The van der Waals surface area contributed by atoms with E-state index in [4.69, 9.17) is 4.74 Å². The van der Waals surface area contributed by atoms with Gasteiger partial charge in [-0.1, -0.05) is 0 Å². The largest absolute Gasteiger partial charge is 0.465 e. The van der Waals surface area contributed by atoms with E-state index in [9.17, 15) is 14.4 Å². The van der Waals surface area contributed by atoms with Crippen LogP contribution in [0.15, 0.2) is 0 Å². The number of H-pyrrole nitrogens is 1. The van der Waals surface area contributed by atoms with Gasteiger partial charge in [0.15, 0.2) is 6.10 Å². The van der Waals surface area contributed by atoms with Crippen LogP contribution in [0.2, 0.25) is 0 Å². The average molecular weight is 296 g/mol. The molecule has 1 amide bonds. The molecule has 0 bridgehead atoms. The number of rotatable bonds is 4. The molecule has 0 spiro atoms. The SMILES string of the molecule is COC(=O)c1c(C)[nH]c(C(=O)OC(C)C(=O)N(C)C)c1C. The van der Waals surface area contributed by atoms with Crippen molar-refractivity contribution >= 4 is 17.8 Å². The topological polar surface area (TPSA) is 88.7 Å². The second-order valence-corrected chi connectivity index (χ2v) is 4.90. The third-order valence-corrected chi connectivity index (χ3v) is 3.10. The minimum Gasteiger partial charge on any atom is -0.465 e. The summed E-state index contributed by atoms with van der Waals surface area (Å²) in [6, 6.07) is 0. The Balaban J connectivity index is 2.99. The molecule has 0 aliphatic heterocycles. The highest BCUT2D eigenvalue weighted by Gasteiger charge is 2.26. The molecular weight excluding hydrogens is 276 g/mol. The van der Waals surface area contributed by atoms with Crippen LogP contribution < -0.4 is 0 Å². The first-order chi connectivity index (χ1) is 9.70. The number of methoxy groups -OCH3 is 1. The van der Waals surface area contributed by atoms with Gasteiger partial charge in [0.05, 0.1) is 12.7 Å². The van der Waals surface area contributed by atoms with Gasteiger partial charge in [0.1, 0.15) is 5.69 Å². The predicted octanol–water partition coefficient (Wildman–Crippen LogP) is 1.05. The van der Waals surface area contributed by atoms with Crippen LogP contribution in [0.4, 0.5) is 0 Å². The highest BCUT2D eigenvalue weighted by molar-refractivity contribution is 5.99. The number of nitrogens with zero attached hydrogens (tertiary/aromatic N) is 1. The number of aromatic amines is 1. The molecule has 1 heterocycles. The Morgan fingerprint density at radius 2 is 1.71 bits per heavy atom. The Morgan fingerprint density at radius 1 is 1.14 bits per heavy atom. The second-order valence-electron chi connectivity index (χ2n) is 4.90. The van der Waals surface area contributed by atoms with Gasteiger partial charge in [-0.25, -0.2) is 9.59 Å². The quantitative estimate of drug-likeness (QED) is 0.839. The summed E-state index contributed by atoms with van der Waals surface area (Å²) in [5.41, 5.74) is 1.40. The number of nitrogens with one attached hydrogen (secondary N) is 1. The van der Waals surface area contributed by atoms with Gasteiger partial charge in [0, 0.05) is 19.8 Å². The standard InChI is InChI=1S/C14H20N2O5/c1-7-10(13(18)20-6)8(2)15-11(7)14(19)21-9(3)12(17)16(4)5/h9,15H,1-6H3. The molecule has 7 heteroatoms. The van der Waals surface area contributed by atoms with E-state index in [1.54, 1.807) is 27.9 Å². The molecular formula is C14H20N2O5. The van der Waals surface area contributed by atoms with E-state index >= 15 is 0 Å². The van der Waals surface area contributed by atoms with Gasteiger partial charge < -0.3 is 19.4 Å². The first kappa shape index (κ1) is 16.7. The van der Waals surface area contributed by atoms with Crippen molar-refractivity contribution in [2.75, 3.05) is 21.2 Å². The van der Waals surface area contributed by atoms with Crippen molar-refractivity contribution in [3.8, 4) is 0 Å². The number of carbonyl (C=O) groups is 3. The number of likely N-dealkylation sites (N-methyl/N-ethyl adjacent to an activating group) is 1. The smallest absolute Gasteiger partial charge is 0.355 e. The van der Waals surface area contributed by atoms with Crippen LogP contribution in [0.1, 0.15) is 39.0 Å². The minimum atomic E-state index is -0.905. The fraction of sp³-hybridized carbons (Fsp3) is 0.500. The van der Waals surface area contributed by atoms with Crippen LogP contribution in [0.25, 0.3) is 0 Å². The van der Waals surface area contributed by atoms with Crippen molar-refractivity contribution in [2.45, 2.75) is 26.9 Å². The van der Waals surface area contributed by atoms with E-state index in [0.717, 1.165) is 0 Å². The molecule has 1 rings (SSSR count). The van der Waals surface area contributed by atoms with Crippen molar-refractivity contribution < 1.29 is 23.9 Å². The Labute approximate surface area is 123 Å². The van der Waals surface area contributed by atoms with Gasteiger partial charge in [-0.15, -0.1) is 0 Å². The zero-order valence-corrected chi connectivity index (χ0v) is 13.1. The van der Waals surface area contributed by atoms with Gasteiger partial charge in [0.2, 0.25) is 0 Å². The maximum Gasteiger partial charge on any atom is 0.355 e. The number of hydrogen-bond donors (Lipinski definition) is 1. The Kier molecular flexibility index (Phi) is 5.12. The number of aromatic nitrogens is 1. The molecule has 116 valence electrons. The third kappa shape index (κ3) is 3.42. The van der Waals surface area contributed by atoms with Crippen LogP contribution in [0.5, 0.6) is 0 Å². The average Bonchev–Trinajstić information content (AvgIpc) is 2.72. The van der Waals surface area contributed by atoms with E-state index in [1.165, 1.54) is 18.9 Å². The number of amides is 1. The molecule has 1 aromatic heterocycles. The molecule has 0 saturated heterocycles. The van der Waals surface area contributed by atoms with E-state index in [1.807, 2.05) is 0 Å². The van der Waals surface area contributed by atoms with Crippen molar-refractivity contribution in [1.29, 1.82) is 0 Å². The summed E-state index contributed by atoms with van der Waals surface area (Å²) in [5.74, 6) is -1.54. The molecule has 0 aliphatic carbocycles. The summed E-state index contributed by atoms with van der Waals surface area (Å²) in [7, 11) is 4.42. The van der Waals surface area contributed by atoms with E-state index in [0.29, 0.717) is 16.8 Å². The lowest BCUT2D eigenvalue weighted by Crippen LogP contribution is -2.35. The summed E-state index contributed by atoms with van der Waals surface area (Å²) in [6.07, 6.45) is -0.905. The van der Waals surface area contributed by atoms with Crippen LogP contribution >= 0.6 is 0 Å². The molecule has 0 aromatic carbocycles. The molecule has 0 saturated carbocycles. The highest BCUT2D eigenvalue weighted by Crippen LogP contribution is 2.20. The molecule has 1 aromatic rings. The van der Waals surface area contributed by atoms with Crippen LogP contribution in [0.3, 0.4) is 0 Å². The molecule has 7 nitrogen and oxygen atoms in total. The monoisotopic (exact) mass is 296 g/mol. The second kappa shape index (κ2) is 6.43. The van der Waals surface area contributed by atoms with Crippen molar-refractivity contribution in [3.63, 3.8) is 0 Å². The minimum absolute atomic E-state index is 0.145. The zero-order valence-electron chi connectivity index (χ0n) is 13.1. The molecule has 0 aliphatic rings. The molecule has 1 unspecified atom stereocenters. The number of ether oxygens (including phenoxy) is 2. The fourth-order valence-electron chi connectivity index (χ4n) is 2.00. The van der Waals surface area contributed by atoms with Gasteiger partial charge in [-0.2, -0.15) is 0 Å². The van der Waals surface area contributed by atoms with Crippen LogP contribution in [-0.4, -0.2) is 55.0 Å². The van der Waals surface area contributed by atoms with Gasteiger partial charge in [-0.05, 0) is 26.3 Å². The Bertz CT molecular complexity index is 574. The first-order valence-corrected chi connectivity index (χ1v) is 6.40. The summed E-state index contributed by atoms with van der Waals surface area (Å²) < 4.78 is 9.78. The number of esters is 2. The fourth-order valence-corrected chi connectivity index (χ4v) is 2.00. The van der Waals surface area contributed by atoms with Crippen molar-refractivity contribution in [3.05, 3.63) is 22.5 Å². The summed E-state index contributed by atoms with van der Waals surface area (Å²) >= 11 is 0. The zero-order chi connectivity index (χ0) is 16.3. The molecule has 21 heavy (non-hydrogen) atoms. The third-order valence-electron chi connectivity index (χ3n) is 3.10. The predicted molar refractivity (Wildman–Crippen MR) is 75.2 cm³/mol. The normalized spacial score (nSPS) is 11.7. The number of hydrogen-bond acceptors (Lipinski definition) is 5. The maximum absolute atomic E-state index is 12.1. The van der Waals surface area contributed by atoms with Crippen molar-refractivity contribution in [2.24, 2.45) is 0 Å². The van der Waals surface area contributed by atoms with Crippen molar-refractivity contribution in [1.82, 2.24) is 9.88 Å². The molecule has 1 N–H and O–H groups in total. The van der Waals surface area contributed by atoms with E-state index in [2.05, 4.69) is 9.72 Å². The lowest BCUT2D eigenvalue weighted by molar-refractivity contribution is -0.137. The summed E-state index contributed by atoms with van der Waals surface area (Å²) in [6.45, 7) is 4.77. The van der Waals surface area contributed by atoms with E-state index < -0.39 is 18.0 Å². The molecule has 0 fully saturated rings. The summed E-state index contributed by atoms with van der Waals surface area (Å²) in [4.78, 5) is 39.6. The maximum atomic E-state index is 12.1. The van der Waals surface area contributed by atoms with Crippen LogP contribution in [-0.2, 0) is 14.3 Å². The Morgan fingerprint density at radius 3 is 2.19 bits per heavy atom. The van der Waals surface area contributed by atoms with Gasteiger partial charge in [0.25, 0.3) is 5.91 Å². The lowest BCUT2D eigenvalue weighted by Gasteiger charge is -2.17. The van der Waals surface area contributed by atoms with Gasteiger partial charge >= 0.3 is 11.9 Å². The molecule has 1 atom stereocenters. The Hall–Kier alpha value is -2.31. The van der Waals surface area contributed by atoms with E-state index in [-0.39, 0.29) is 11.6 Å². The lowest BCUT2D eigenvalue weighted by atomic mass is 10.1. The number of carbonyl (C=O) groups excluding carboxylic acids is 3. The molecule has 0 radical (unpaired) electrons. The van der Waals surface area contributed by atoms with Gasteiger partial charge in [-0.3, -0.25) is 4.79 Å². The number of aryl methyl sites for hydroxylation is 1. The first-order valence-electron chi connectivity index (χ1n) is 6.40.